The number of aromatic nitrogens is 1. The Morgan fingerprint density at radius 3 is 2.65 bits per heavy atom. The largest absolute Gasteiger partial charge is 0.433 e. The van der Waals surface area contributed by atoms with Crippen molar-refractivity contribution < 1.29 is 13.5 Å². The van der Waals surface area contributed by atoms with Gasteiger partial charge in [-0.05, 0) is 24.3 Å². The summed E-state index contributed by atoms with van der Waals surface area (Å²) in [7, 11) is 0. The van der Waals surface area contributed by atoms with E-state index in [2.05, 4.69) is 15.0 Å². The standard InChI is InChI=1S/C13H11F2N3OS/c14-13(15)19-10-6-2-1-4-8(10)17-11-7-3-5-9(18-11)12(16)20/h1-7,13H,(H2,16,20)(H,17,18). The summed E-state index contributed by atoms with van der Waals surface area (Å²) >= 11 is 4.83. The summed E-state index contributed by atoms with van der Waals surface area (Å²) in [6.07, 6.45) is 0. The molecule has 0 saturated heterocycles. The number of thiocarbonyl (C=S) groups is 1. The van der Waals surface area contributed by atoms with Gasteiger partial charge in [0.05, 0.1) is 11.4 Å². The molecule has 1 aromatic carbocycles. The van der Waals surface area contributed by atoms with Gasteiger partial charge in [0.1, 0.15) is 16.6 Å². The fraction of sp³-hybridized carbons (Fsp3) is 0.0769. The van der Waals surface area contributed by atoms with Gasteiger partial charge < -0.3 is 15.8 Å². The van der Waals surface area contributed by atoms with Crippen molar-refractivity contribution in [2.45, 2.75) is 6.61 Å². The van der Waals surface area contributed by atoms with E-state index >= 15 is 0 Å². The average molecular weight is 295 g/mol. The maximum atomic E-state index is 12.3. The lowest BCUT2D eigenvalue weighted by atomic mass is 10.3. The van der Waals surface area contributed by atoms with Gasteiger partial charge in [-0.25, -0.2) is 4.98 Å². The van der Waals surface area contributed by atoms with Crippen LogP contribution in [-0.2, 0) is 0 Å². The molecule has 0 spiro atoms. The van der Waals surface area contributed by atoms with Gasteiger partial charge in [0.25, 0.3) is 0 Å². The summed E-state index contributed by atoms with van der Waals surface area (Å²) in [6, 6.07) is 11.4. The maximum Gasteiger partial charge on any atom is 0.387 e. The highest BCUT2D eigenvalue weighted by Gasteiger charge is 2.10. The highest BCUT2D eigenvalue weighted by atomic mass is 32.1. The average Bonchev–Trinajstić information content (AvgIpc) is 2.41. The smallest absolute Gasteiger partial charge is 0.387 e. The normalized spacial score (nSPS) is 10.3. The van der Waals surface area contributed by atoms with E-state index in [1.54, 1.807) is 36.4 Å². The Balaban J connectivity index is 2.25. The minimum absolute atomic E-state index is 0.0324. The zero-order valence-corrected chi connectivity index (χ0v) is 11.0. The zero-order valence-electron chi connectivity index (χ0n) is 10.2. The second-order valence-corrected chi connectivity index (χ2v) is 4.21. The number of ether oxygens (including phenoxy) is 1. The van der Waals surface area contributed by atoms with Crippen LogP contribution < -0.4 is 15.8 Å². The van der Waals surface area contributed by atoms with Crippen LogP contribution in [0, 0.1) is 0 Å². The first-order valence-corrected chi connectivity index (χ1v) is 6.05. The topological polar surface area (TPSA) is 60.2 Å². The van der Waals surface area contributed by atoms with E-state index in [0.717, 1.165) is 0 Å². The van der Waals surface area contributed by atoms with Gasteiger partial charge in [-0.15, -0.1) is 0 Å². The van der Waals surface area contributed by atoms with Crippen molar-refractivity contribution >= 4 is 28.7 Å². The SMILES string of the molecule is NC(=S)c1cccc(Nc2ccccc2OC(F)F)n1. The van der Waals surface area contributed by atoms with E-state index in [1.165, 1.54) is 6.07 Å². The highest BCUT2D eigenvalue weighted by molar-refractivity contribution is 7.80. The lowest BCUT2D eigenvalue weighted by Crippen LogP contribution is -2.12. The van der Waals surface area contributed by atoms with Crippen molar-refractivity contribution in [2.24, 2.45) is 5.73 Å². The lowest BCUT2D eigenvalue weighted by Gasteiger charge is -2.12. The number of alkyl halides is 2. The van der Waals surface area contributed by atoms with Gasteiger partial charge in [-0.3, -0.25) is 0 Å². The van der Waals surface area contributed by atoms with Crippen molar-refractivity contribution in [1.29, 1.82) is 0 Å². The molecular formula is C13H11F2N3OS. The minimum Gasteiger partial charge on any atom is -0.433 e. The summed E-state index contributed by atoms with van der Waals surface area (Å²) in [5, 5.41) is 2.89. The summed E-state index contributed by atoms with van der Waals surface area (Å²) < 4.78 is 29.0. The molecule has 3 N–H and O–H groups in total. The first-order valence-electron chi connectivity index (χ1n) is 5.64. The van der Waals surface area contributed by atoms with E-state index < -0.39 is 6.61 Å². The van der Waals surface area contributed by atoms with Gasteiger partial charge in [0.15, 0.2) is 0 Å². The molecule has 2 rings (SSSR count). The van der Waals surface area contributed by atoms with Crippen molar-refractivity contribution in [3.05, 3.63) is 48.2 Å². The third-order valence-corrected chi connectivity index (χ3v) is 2.58. The van der Waals surface area contributed by atoms with Crippen LogP contribution >= 0.6 is 12.2 Å². The molecular weight excluding hydrogens is 284 g/mol. The van der Waals surface area contributed by atoms with E-state index in [1.807, 2.05) is 0 Å². The predicted molar refractivity (Wildman–Crippen MR) is 76.5 cm³/mol. The molecule has 0 amide bonds. The third-order valence-electron chi connectivity index (χ3n) is 2.37. The van der Waals surface area contributed by atoms with E-state index in [9.17, 15) is 8.78 Å². The summed E-state index contributed by atoms with van der Waals surface area (Å²) in [4.78, 5) is 4.33. The number of hydrogen-bond acceptors (Lipinski definition) is 4. The Kier molecular flexibility index (Phi) is 4.41. The Morgan fingerprint density at radius 2 is 1.95 bits per heavy atom. The number of anilines is 2. The molecule has 20 heavy (non-hydrogen) atoms. The van der Waals surface area contributed by atoms with Gasteiger partial charge >= 0.3 is 6.61 Å². The van der Waals surface area contributed by atoms with Crippen LogP contribution in [0.4, 0.5) is 20.3 Å². The van der Waals surface area contributed by atoms with Crippen LogP contribution in [0.15, 0.2) is 42.5 Å². The Morgan fingerprint density at radius 1 is 1.20 bits per heavy atom. The number of halogens is 2. The second-order valence-electron chi connectivity index (χ2n) is 3.77. The van der Waals surface area contributed by atoms with Crippen molar-refractivity contribution in [1.82, 2.24) is 4.98 Å². The number of nitrogens with one attached hydrogen (secondary N) is 1. The highest BCUT2D eigenvalue weighted by Crippen LogP contribution is 2.28. The Bertz CT molecular complexity index is 622. The molecule has 2 aromatic rings. The van der Waals surface area contributed by atoms with Gasteiger partial charge in [-0.2, -0.15) is 8.78 Å². The van der Waals surface area contributed by atoms with Gasteiger partial charge in [0, 0.05) is 0 Å². The minimum atomic E-state index is -2.89. The molecule has 0 saturated carbocycles. The van der Waals surface area contributed by atoms with E-state index in [4.69, 9.17) is 18.0 Å². The van der Waals surface area contributed by atoms with Crippen LogP contribution in [0.3, 0.4) is 0 Å². The van der Waals surface area contributed by atoms with E-state index in [-0.39, 0.29) is 10.7 Å². The summed E-state index contributed by atoms with van der Waals surface area (Å²) in [5.74, 6) is 0.464. The molecule has 0 aliphatic heterocycles. The number of pyridine rings is 1. The molecule has 7 heteroatoms. The second kappa shape index (κ2) is 6.25. The molecule has 4 nitrogen and oxygen atoms in total. The number of para-hydroxylation sites is 2. The summed E-state index contributed by atoms with van der Waals surface area (Å²) in [5.41, 5.74) is 6.31. The quantitative estimate of drug-likeness (QED) is 0.830. The van der Waals surface area contributed by atoms with Crippen LogP contribution in [0.5, 0.6) is 5.75 Å². The number of benzene rings is 1. The maximum absolute atomic E-state index is 12.3. The monoisotopic (exact) mass is 295 g/mol. The van der Waals surface area contributed by atoms with Gasteiger partial charge in [0.2, 0.25) is 0 Å². The lowest BCUT2D eigenvalue weighted by molar-refractivity contribution is -0.0493. The Hall–Kier alpha value is -2.28. The first-order chi connectivity index (χ1) is 9.56. The predicted octanol–water partition coefficient (Wildman–Crippen LogP) is 3.06. The fourth-order valence-electron chi connectivity index (χ4n) is 1.55. The number of nitrogens with two attached hydrogens (primary N) is 1. The number of nitrogens with zero attached hydrogens (tertiary/aromatic N) is 1. The van der Waals surface area contributed by atoms with Crippen LogP contribution in [-0.4, -0.2) is 16.6 Å². The van der Waals surface area contributed by atoms with Crippen LogP contribution in [0.25, 0.3) is 0 Å². The molecule has 1 heterocycles. The number of rotatable bonds is 5. The zero-order chi connectivity index (χ0) is 14.5. The third kappa shape index (κ3) is 3.61. The van der Waals surface area contributed by atoms with Crippen LogP contribution in [0.1, 0.15) is 5.69 Å². The molecule has 0 atom stereocenters. The van der Waals surface area contributed by atoms with Crippen LogP contribution in [0.2, 0.25) is 0 Å². The van der Waals surface area contributed by atoms with Gasteiger partial charge in [-0.1, -0.05) is 30.4 Å². The molecule has 0 bridgehead atoms. The molecule has 0 unspecified atom stereocenters. The molecule has 0 aliphatic rings. The molecule has 0 aliphatic carbocycles. The molecule has 0 fully saturated rings. The fourth-order valence-corrected chi connectivity index (χ4v) is 1.66. The number of hydrogen-bond donors (Lipinski definition) is 2. The Labute approximate surface area is 119 Å². The molecule has 0 radical (unpaired) electrons. The molecule has 104 valence electrons. The van der Waals surface area contributed by atoms with Crippen molar-refractivity contribution in [3.63, 3.8) is 0 Å². The molecule has 1 aromatic heterocycles. The summed E-state index contributed by atoms with van der Waals surface area (Å²) in [6.45, 7) is -2.89. The van der Waals surface area contributed by atoms with Crippen molar-refractivity contribution in [2.75, 3.05) is 5.32 Å². The van der Waals surface area contributed by atoms with Crippen molar-refractivity contribution in [3.8, 4) is 5.75 Å². The van der Waals surface area contributed by atoms with E-state index in [0.29, 0.717) is 17.2 Å². The first kappa shape index (κ1) is 14.1.